The summed E-state index contributed by atoms with van der Waals surface area (Å²) in [5, 5.41) is 0. The lowest BCUT2D eigenvalue weighted by molar-refractivity contribution is 0.0126. The summed E-state index contributed by atoms with van der Waals surface area (Å²) in [7, 11) is 2.03. The molecule has 40 heavy (non-hydrogen) atoms. The van der Waals surface area contributed by atoms with Gasteiger partial charge in [-0.05, 0) is 104 Å². The quantitative estimate of drug-likeness (QED) is 0.253. The number of benzene rings is 3. The van der Waals surface area contributed by atoms with Crippen LogP contribution in [0, 0.1) is 6.92 Å². The number of fused-ring (bicyclic) bond motifs is 1. The predicted molar refractivity (Wildman–Crippen MR) is 160 cm³/mol. The fourth-order valence-corrected chi connectivity index (χ4v) is 5.60. The Morgan fingerprint density at radius 3 is 2.20 bits per heavy atom. The van der Waals surface area contributed by atoms with Crippen LogP contribution in [0.2, 0.25) is 0 Å². The van der Waals surface area contributed by atoms with Crippen molar-refractivity contribution in [2.24, 2.45) is 7.05 Å². The van der Waals surface area contributed by atoms with E-state index in [-0.39, 0.29) is 12.2 Å². The average Bonchev–Trinajstić information content (AvgIpc) is 3.25. The van der Waals surface area contributed by atoms with Crippen molar-refractivity contribution in [1.82, 2.24) is 14.5 Å². The van der Waals surface area contributed by atoms with Crippen molar-refractivity contribution in [2.75, 3.05) is 19.3 Å². The Morgan fingerprint density at radius 1 is 0.975 bits per heavy atom. The summed E-state index contributed by atoms with van der Waals surface area (Å²) in [6.07, 6.45) is 3.06. The van der Waals surface area contributed by atoms with Crippen molar-refractivity contribution in [1.29, 1.82) is 0 Å². The van der Waals surface area contributed by atoms with Gasteiger partial charge in [0.05, 0.1) is 11.0 Å². The van der Waals surface area contributed by atoms with E-state index in [9.17, 15) is 9.35 Å². The summed E-state index contributed by atoms with van der Waals surface area (Å²) in [5.74, 6) is 1.71. The molecule has 0 N–H and O–H groups in total. The Labute approximate surface area is 239 Å². The third kappa shape index (κ3) is 6.13. The van der Waals surface area contributed by atoms with E-state index in [4.69, 9.17) is 14.5 Å². The molecule has 1 fully saturated rings. The maximum Gasteiger partial charge on any atom is 0.410 e. The molecule has 8 heteroatoms. The number of carbonyl (C=O) groups excluding carboxylic acids is 1. The number of hydrogen-bond donors (Lipinski definition) is 0. The van der Waals surface area contributed by atoms with Gasteiger partial charge in [-0.1, -0.05) is 12.1 Å². The molecule has 3 aromatic carbocycles. The second kappa shape index (κ2) is 11.2. The number of ether oxygens (including phenoxy) is 2. The minimum atomic E-state index is -1.01. The molecule has 210 valence electrons. The lowest BCUT2D eigenvalue weighted by Gasteiger charge is -2.33. The van der Waals surface area contributed by atoms with Gasteiger partial charge in [-0.15, -0.1) is 0 Å². The van der Waals surface area contributed by atoms with Gasteiger partial charge in [-0.25, -0.2) is 9.78 Å². The van der Waals surface area contributed by atoms with E-state index < -0.39 is 16.8 Å². The zero-order valence-electron chi connectivity index (χ0n) is 24.1. The highest BCUT2D eigenvalue weighted by molar-refractivity contribution is 7.90. The van der Waals surface area contributed by atoms with Crippen LogP contribution in [-0.4, -0.2) is 56.1 Å². The summed E-state index contributed by atoms with van der Waals surface area (Å²) >= 11 is -1.01. The molecule has 1 aliphatic heterocycles. The number of piperidine rings is 1. The number of likely N-dealkylation sites (tertiary alicyclic amines) is 1. The topological polar surface area (TPSA) is 79.7 Å². The van der Waals surface area contributed by atoms with Crippen molar-refractivity contribution in [2.45, 2.75) is 57.1 Å². The first-order chi connectivity index (χ1) is 19.0. The lowest BCUT2D eigenvalue weighted by atomic mass is 10.0. The summed E-state index contributed by atoms with van der Waals surface area (Å²) in [6.45, 7) is 9.01. The summed E-state index contributed by atoms with van der Waals surface area (Å²) in [4.78, 5) is 19.8. The van der Waals surface area contributed by atoms with Crippen LogP contribution in [0.5, 0.6) is 5.75 Å². The maximum atomic E-state index is 12.3. The first kappa shape index (κ1) is 28.1. The van der Waals surface area contributed by atoms with Gasteiger partial charge in [0.25, 0.3) is 0 Å². The van der Waals surface area contributed by atoms with Gasteiger partial charge in [-0.2, -0.15) is 0 Å². The monoisotopic (exact) mass is 559 g/mol. The molecule has 1 atom stereocenters. The number of amides is 1. The highest BCUT2D eigenvalue weighted by Crippen LogP contribution is 2.32. The van der Waals surface area contributed by atoms with E-state index >= 15 is 0 Å². The molecule has 0 aliphatic carbocycles. The number of aryl methyl sites for hydroxylation is 2. The Bertz CT molecular complexity index is 1500. The molecule has 7 nitrogen and oxygen atoms in total. The fraction of sp³-hybridized carbons (Fsp3) is 0.375. The van der Waals surface area contributed by atoms with Crippen molar-refractivity contribution >= 4 is 28.3 Å². The standard InChI is InChI=1S/C32H37N3O4S/c1-21-19-24(20-28-29(21)33-30(34(28)5)23-9-13-27(14-10-23)40(6)37)22-7-11-25(12-8-22)38-26-15-17-35(18-16-26)31(36)39-32(2,3)4/h7-14,19-20,26H,15-18H2,1-6H3. The van der Waals surface area contributed by atoms with Gasteiger partial charge >= 0.3 is 6.09 Å². The summed E-state index contributed by atoms with van der Waals surface area (Å²) in [6, 6.07) is 20.3. The molecule has 1 saturated heterocycles. The van der Waals surface area contributed by atoms with E-state index in [1.165, 1.54) is 0 Å². The molecular weight excluding hydrogens is 522 g/mol. The predicted octanol–water partition coefficient (Wildman–Crippen LogP) is 6.73. The van der Waals surface area contributed by atoms with Gasteiger partial charge in [-0.3, -0.25) is 0 Å². The Balaban J connectivity index is 1.28. The zero-order valence-corrected chi connectivity index (χ0v) is 24.9. The van der Waals surface area contributed by atoms with Crippen LogP contribution < -0.4 is 4.74 Å². The molecule has 5 rings (SSSR count). The maximum absolute atomic E-state index is 12.3. The molecule has 1 amide bonds. The van der Waals surface area contributed by atoms with Gasteiger partial charge in [0, 0.05) is 38.5 Å². The number of nitrogens with zero attached hydrogens (tertiary/aromatic N) is 3. The van der Waals surface area contributed by atoms with Crippen LogP contribution in [0.4, 0.5) is 4.79 Å². The zero-order chi connectivity index (χ0) is 28.6. The van der Waals surface area contributed by atoms with Crippen molar-refractivity contribution in [3.05, 3.63) is 66.2 Å². The smallest absolute Gasteiger partial charge is 0.410 e. The number of carbonyl (C=O) groups is 1. The first-order valence-corrected chi connectivity index (χ1v) is 15.2. The molecule has 0 bridgehead atoms. The van der Waals surface area contributed by atoms with Crippen LogP contribution in [-0.2, 0) is 23.0 Å². The average molecular weight is 560 g/mol. The van der Waals surface area contributed by atoms with Crippen LogP contribution in [0.1, 0.15) is 39.2 Å². The Morgan fingerprint density at radius 2 is 1.60 bits per heavy atom. The molecule has 1 aliphatic rings. The number of rotatable bonds is 5. The molecule has 1 unspecified atom stereocenters. The second-order valence-corrected chi connectivity index (χ2v) is 12.8. The van der Waals surface area contributed by atoms with Crippen molar-refractivity contribution < 1.29 is 18.8 Å². The minimum absolute atomic E-state index is 0.0717. The first-order valence-electron chi connectivity index (χ1n) is 13.6. The van der Waals surface area contributed by atoms with Crippen LogP contribution >= 0.6 is 0 Å². The highest BCUT2D eigenvalue weighted by atomic mass is 32.2. The number of imidazole rings is 1. The largest absolute Gasteiger partial charge is 0.612 e. The normalized spacial score (nSPS) is 15.3. The number of hydrogen-bond acceptors (Lipinski definition) is 5. The van der Waals surface area contributed by atoms with Gasteiger partial charge in [0.15, 0.2) is 4.90 Å². The Hall–Kier alpha value is -3.49. The number of aromatic nitrogens is 2. The minimum Gasteiger partial charge on any atom is -0.612 e. The SMILES string of the molecule is Cc1cc(-c2ccc(OC3CCN(C(=O)OC(C)(C)C)CC3)cc2)cc2c1nc(-c1ccc([S+](C)[O-])cc1)n2C. The van der Waals surface area contributed by atoms with Crippen LogP contribution in [0.15, 0.2) is 65.6 Å². The Kier molecular flexibility index (Phi) is 7.84. The fourth-order valence-electron chi connectivity index (χ4n) is 5.08. The van der Waals surface area contributed by atoms with Gasteiger partial charge in [0.1, 0.15) is 29.5 Å². The molecular formula is C32H37N3O4S. The third-order valence-electron chi connectivity index (χ3n) is 7.21. The summed E-state index contributed by atoms with van der Waals surface area (Å²) in [5.41, 5.74) is 5.87. The van der Waals surface area contributed by atoms with E-state index in [1.807, 2.05) is 64.2 Å². The van der Waals surface area contributed by atoms with Crippen molar-refractivity contribution in [3.63, 3.8) is 0 Å². The van der Waals surface area contributed by atoms with Crippen LogP contribution in [0.25, 0.3) is 33.5 Å². The third-order valence-corrected chi connectivity index (χ3v) is 8.14. The van der Waals surface area contributed by atoms with Gasteiger partial charge in [0.2, 0.25) is 0 Å². The van der Waals surface area contributed by atoms with E-state index in [1.54, 1.807) is 11.2 Å². The van der Waals surface area contributed by atoms with E-state index in [2.05, 4.69) is 35.8 Å². The van der Waals surface area contributed by atoms with Crippen LogP contribution in [0.3, 0.4) is 0 Å². The van der Waals surface area contributed by atoms with Gasteiger partial charge < -0.3 is 23.5 Å². The molecule has 0 saturated carbocycles. The molecule has 4 aromatic rings. The molecule has 1 aromatic heterocycles. The lowest BCUT2D eigenvalue weighted by Crippen LogP contribution is -2.44. The highest BCUT2D eigenvalue weighted by Gasteiger charge is 2.27. The summed E-state index contributed by atoms with van der Waals surface area (Å²) < 4.78 is 25.6. The van der Waals surface area contributed by atoms with Crippen molar-refractivity contribution in [3.8, 4) is 28.3 Å². The molecule has 0 spiro atoms. The molecule has 0 radical (unpaired) electrons. The van der Waals surface area contributed by atoms with E-state index in [0.717, 1.165) is 62.6 Å². The van der Waals surface area contributed by atoms with E-state index in [0.29, 0.717) is 13.1 Å². The second-order valence-electron chi connectivity index (χ2n) is 11.4. The molecule has 2 heterocycles.